The normalized spacial score (nSPS) is 11.2. The van der Waals surface area contributed by atoms with E-state index in [0.717, 1.165) is 11.1 Å². The van der Waals surface area contributed by atoms with Crippen LogP contribution in [0.3, 0.4) is 0 Å². The second-order valence-corrected chi connectivity index (χ2v) is 6.20. The van der Waals surface area contributed by atoms with Crippen molar-refractivity contribution in [1.29, 1.82) is 0 Å². The van der Waals surface area contributed by atoms with E-state index in [9.17, 15) is 8.42 Å². The lowest BCUT2D eigenvalue weighted by atomic mass is 10.1. The molecule has 2 rings (SSSR count). The summed E-state index contributed by atoms with van der Waals surface area (Å²) in [7, 11) is -3.60. The molecule has 0 aliphatic carbocycles. The molecule has 0 atom stereocenters. The first kappa shape index (κ1) is 14.4. The van der Waals surface area contributed by atoms with Crippen LogP contribution in [0.2, 0.25) is 0 Å². The van der Waals surface area contributed by atoms with Gasteiger partial charge in [-0.2, -0.15) is 0 Å². The largest absolute Gasteiger partial charge is 0.324 e. The smallest absolute Gasteiger partial charge is 0.261 e. The predicted octanol–water partition coefficient (Wildman–Crippen LogP) is 2.39. The molecule has 0 amide bonds. The van der Waals surface area contributed by atoms with Gasteiger partial charge in [0.1, 0.15) is 0 Å². The molecule has 0 fully saturated rings. The number of nitrogen functional groups attached to an aromatic ring is 1. The van der Waals surface area contributed by atoms with Gasteiger partial charge in [-0.1, -0.05) is 12.1 Å². The molecule has 20 heavy (non-hydrogen) atoms. The molecular weight excluding hydrogens is 274 g/mol. The quantitative estimate of drug-likeness (QED) is 0.596. The van der Waals surface area contributed by atoms with Crippen LogP contribution in [0.4, 0.5) is 11.4 Å². The van der Waals surface area contributed by atoms with Gasteiger partial charge in [-0.15, -0.1) is 0 Å². The molecule has 0 radical (unpaired) electrons. The van der Waals surface area contributed by atoms with E-state index in [-0.39, 0.29) is 4.90 Å². The minimum atomic E-state index is -3.60. The number of nitrogens with two attached hydrogens (primary N) is 1. The zero-order valence-corrected chi connectivity index (χ0v) is 12.2. The van der Waals surface area contributed by atoms with E-state index in [1.807, 2.05) is 26.0 Å². The van der Waals surface area contributed by atoms with Gasteiger partial charge in [0.25, 0.3) is 10.0 Å². The molecule has 106 valence electrons. The lowest BCUT2D eigenvalue weighted by molar-refractivity contribution is 0.601. The van der Waals surface area contributed by atoms with Crippen LogP contribution in [-0.2, 0) is 10.0 Å². The molecule has 2 aromatic carbocycles. The van der Waals surface area contributed by atoms with Crippen LogP contribution in [0.25, 0.3) is 0 Å². The number of aryl methyl sites for hydroxylation is 1. The second-order valence-electron chi connectivity index (χ2n) is 4.52. The van der Waals surface area contributed by atoms with Crippen molar-refractivity contribution in [3.63, 3.8) is 0 Å². The Hall–Kier alpha value is -2.05. The SMILES string of the molecule is Cc1cccc(NS(=O)(=O)c2ccc(NN)cc2)c1C. The van der Waals surface area contributed by atoms with E-state index in [2.05, 4.69) is 10.1 Å². The summed E-state index contributed by atoms with van der Waals surface area (Å²) in [6.45, 7) is 3.82. The van der Waals surface area contributed by atoms with Gasteiger partial charge in [-0.3, -0.25) is 10.6 Å². The molecule has 0 bridgehead atoms. The number of hydrazine groups is 1. The number of benzene rings is 2. The molecule has 6 heteroatoms. The molecule has 0 saturated heterocycles. The fourth-order valence-electron chi connectivity index (χ4n) is 1.80. The molecular formula is C14H17N3O2S. The fourth-order valence-corrected chi connectivity index (χ4v) is 2.92. The third-order valence-corrected chi connectivity index (χ3v) is 4.56. The molecule has 0 aliphatic rings. The van der Waals surface area contributed by atoms with Crippen LogP contribution < -0.4 is 16.0 Å². The highest BCUT2D eigenvalue weighted by Gasteiger charge is 2.15. The average Bonchev–Trinajstić information content (AvgIpc) is 2.44. The van der Waals surface area contributed by atoms with Gasteiger partial charge in [0.05, 0.1) is 10.6 Å². The number of nitrogens with one attached hydrogen (secondary N) is 2. The molecule has 0 aromatic heterocycles. The highest BCUT2D eigenvalue weighted by Crippen LogP contribution is 2.22. The van der Waals surface area contributed by atoms with E-state index in [1.54, 1.807) is 18.2 Å². The summed E-state index contributed by atoms with van der Waals surface area (Å²) >= 11 is 0. The summed E-state index contributed by atoms with van der Waals surface area (Å²) in [5.41, 5.74) is 5.64. The Bertz CT molecular complexity index is 710. The van der Waals surface area contributed by atoms with Gasteiger partial charge in [-0.25, -0.2) is 8.42 Å². The van der Waals surface area contributed by atoms with Crippen LogP contribution in [-0.4, -0.2) is 8.42 Å². The second kappa shape index (κ2) is 5.52. The minimum Gasteiger partial charge on any atom is -0.324 e. The minimum absolute atomic E-state index is 0.192. The summed E-state index contributed by atoms with van der Waals surface area (Å²) in [5, 5.41) is 0. The van der Waals surface area contributed by atoms with Crippen molar-refractivity contribution < 1.29 is 8.42 Å². The maximum absolute atomic E-state index is 12.3. The van der Waals surface area contributed by atoms with Crippen LogP contribution in [0.1, 0.15) is 11.1 Å². The number of anilines is 2. The van der Waals surface area contributed by atoms with Crippen LogP contribution in [0.5, 0.6) is 0 Å². The average molecular weight is 291 g/mol. The Labute approximate surface area is 118 Å². The topological polar surface area (TPSA) is 84.2 Å². The number of rotatable bonds is 4. The van der Waals surface area contributed by atoms with Crippen molar-refractivity contribution >= 4 is 21.4 Å². The van der Waals surface area contributed by atoms with Gasteiger partial charge in [-0.05, 0) is 55.3 Å². The number of hydrogen-bond acceptors (Lipinski definition) is 4. The zero-order chi connectivity index (χ0) is 14.8. The first-order valence-electron chi connectivity index (χ1n) is 6.10. The lowest BCUT2D eigenvalue weighted by Crippen LogP contribution is -2.14. The Morgan fingerprint density at radius 1 is 1.00 bits per heavy atom. The van der Waals surface area contributed by atoms with E-state index in [0.29, 0.717) is 11.4 Å². The molecule has 0 aliphatic heterocycles. The maximum Gasteiger partial charge on any atom is 0.261 e. The van der Waals surface area contributed by atoms with E-state index in [1.165, 1.54) is 12.1 Å². The Kier molecular flexibility index (Phi) is 3.96. The highest BCUT2D eigenvalue weighted by molar-refractivity contribution is 7.92. The van der Waals surface area contributed by atoms with Gasteiger partial charge in [0, 0.05) is 5.69 Å². The highest BCUT2D eigenvalue weighted by atomic mass is 32.2. The molecule has 4 N–H and O–H groups in total. The first-order valence-corrected chi connectivity index (χ1v) is 7.58. The van der Waals surface area contributed by atoms with E-state index >= 15 is 0 Å². The van der Waals surface area contributed by atoms with Gasteiger partial charge >= 0.3 is 0 Å². The van der Waals surface area contributed by atoms with E-state index < -0.39 is 10.0 Å². The summed E-state index contributed by atoms with van der Waals surface area (Å²) in [6.07, 6.45) is 0. The molecule has 0 unspecified atom stereocenters. The Balaban J connectivity index is 2.33. The van der Waals surface area contributed by atoms with Crippen molar-refractivity contribution in [1.82, 2.24) is 0 Å². The van der Waals surface area contributed by atoms with Crippen molar-refractivity contribution in [2.24, 2.45) is 5.84 Å². The van der Waals surface area contributed by atoms with Crippen molar-refractivity contribution in [2.45, 2.75) is 18.7 Å². The first-order chi connectivity index (χ1) is 9.44. The van der Waals surface area contributed by atoms with E-state index in [4.69, 9.17) is 5.84 Å². The van der Waals surface area contributed by atoms with Crippen LogP contribution in [0.15, 0.2) is 47.4 Å². The Morgan fingerprint density at radius 2 is 1.65 bits per heavy atom. The molecule has 0 spiro atoms. The van der Waals surface area contributed by atoms with Gasteiger partial charge < -0.3 is 5.43 Å². The van der Waals surface area contributed by atoms with Gasteiger partial charge in [0.2, 0.25) is 0 Å². The molecule has 0 saturated carbocycles. The van der Waals surface area contributed by atoms with Crippen LogP contribution >= 0.6 is 0 Å². The molecule has 0 heterocycles. The van der Waals surface area contributed by atoms with Crippen molar-refractivity contribution in [2.75, 3.05) is 10.1 Å². The van der Waals surface area contributed by atoms with Crippen molar-refractivity contribution in [3.8, 4) is 0 Å². The Morgan fingerprint density at radius 3 is 2.25 bits per heavy atom. The molecule has 5 nitrogen and oxygen atoms in total. The monoisotopic (exact) mass is 291 g/mol. The third kappa shape index (κ3) is 2.92. The summed E-state index contributed by atoms with van der Waals surface area (Å²) in [6, 6.07) is 11.7. The summed E-state index contributed by atoms with van der Waals surface area (Å²) < 4.78 is 27.2. The standard InChI is InChI=1S/C14H17N3O2S/c1-10-4-3-5-14(11(10)2)17-20(18,19)13-8-6-12(16-15)7-9-13/h3-9,16-17H,15H2,1-2H3. The maximum atomic E-state index is 12.3. The molecule has 2 aromatic rings. The van der Waals surface area contributed by atoms with Crippen molar-refractivity contribution in [3.05, 3.63) is 53.6 Å². The summed E-state index contributed by atoms with van der Waals surface area (Å²) in [4.78, 5) is 0.192. The number of sulfonamides is 1. The van der Waals surface area contributed by atoms with Crippen LogP contribution in [0, 0.1) is 13.8 Å². The predicted molar refractivity (Wildman–Crippen MR) is 81.0 cm³/mol. The van der Waals surface area contributed by atoms with Gasteiger partial charge in [0.15, 0.2) is 0 Å². The number of hydrogen-bond donors (Lipinski definition) is 3. The fraction of sp³-hybridized carbons (Fsp3) is 0.143. The lowest BCUT2D eigenvalue weighted by Gasteiger charge is -2.12. The zero-order valence-electron chi connectivity index (χ0n) is 11.3. The summed E-state index contributed by atoms with van der Waals surface area (Å²) in [5.74, 6) is 5.25. The third-order valence-electron chi connectivity index (χ3n) is 3.18.